The Hall–Kier alpha value is -2.94. The third-order valence-electron chi connectivity index (χ3n) is 4.09. The van der Waals surface area contributed by atoms with Crippen molar-refractivity contribution in [1.82, 2.24) is 20.5 Å². The summed E-state index contributed by atoms with van der Waals surface area (Å²) in [7, 11) is 1.62. The van der Waals surface area contributed by atoms with E-state index < -0.39 is 0 Å². The number of rotatable bonds is 6. The van der Waals surface area contributed by atoms with Gasteiger partial charge in [-0.05, 0) is 24.6 Å². The monoisotopic (exact) mass is 386 g/mol. The maximum Gasteiger partial charge on any atom is 0.230 e. The first-order valence-corrected chi connectivity index (χ1v) is 9.38. The number of benzene rings is 1. The van der Waals surface area contributed by atoms with Crippen LogP contribution in [0.2, 0.25) is 0 Å². The molecule has 0 saturated heterocycles. The quantitative estimate of drug-likeness (QED) is 0.627. The van der Waals surface area contributed by atoms with Gasteiger partial charge in [0.15, 0.2) is 23.1 Å². The average molecular weight is 386 g/mol. The maximum atomic E-state index is 12.3. The fourth-order valence-corrected chi connectivity index (χ4v) is 3.49. The molecule has 3 aromatic rings. The highest BCUT2D eigenvalue weighted by Gasteiger charge is 2.24. The summed E-state index contributed by atoms with van der Waals surface area (Å²) in [5.41, 5.74) is 1.02. The molecule has 4 rings (SSSR count). The summed E-state index contributed by atoms with van der Waals surface area (Å²) in [5.74, 6) is 2.73. The lowest BCUT2D eigenvalue weighted by Gasteiger charge is -2.27. The first-order chi connectivity index (χ1) is 13.2. The van der Waals surface area contributed by atoms with Gasteiger partial charge in [-0.3, -0.25) is 9.89 Å². The van der Waals surface area contributed by atoms with Crippen molar-refractivity contribution in [2.45, 2.75) is 17.6 Å². The lowest BCUT2D eigenvalue weighted by atomic mass is 10.0. The van der Waals surface area contributed by atoms with E-state index in [1.54, 1.807) is 25.5 Å². The zero-order valence-corrected chi connectivity index (χ0v) is 15.4. The number of carbonyl (C=O) groups is 1. The number of para-hydroxylation sites is 1. The van der Waals surface area contributed by atoms with Crippen LogP contribution in [0.4, 0.5) is 0 Å². The number of thioether (sulfide) groups is 1. The van der Waals surface area contributed by atoms with Gasteiger partial charge >= 0.3 is 0 Å². The van der Waals surface area contributed by atoms with Crippen LogP contribution in [0.1, 0.15) is 5.56 Å². The Labute approximate surface area is 159 Å². The molecule has 2 aromatic heterocycles. The second-order valence-corrected chi connectivity index (χ2v) is 6.90. The van der Waals surface area contributed by atoms with Gasteiger partial charge in [-0.1, -0.05) is 23.9 Å². The molecule has 140 valence electrons. The molecule has 27 heavy (non-hydrogen) atoms. The third kappa shape index (κ3) is 3.92. The van der Waals surface area contributed by atoms with Crippen molar-refractivity contribution in [2.75, 3.05) is 19.5 Å². The van der Waals surface area contributed by atoms with Crippen molar-refractivity contribution < 1.29 is 18.7 Å². The van der Waals surface area contributed by atoms with E-state index in [9.17, 15) is 4.79 Å². The molecule has 1 aliphatic rings. The van der Waals surface area contributed by atoms with E-state index in [2.05, 4.69) is 20.5 Å². The van der Waals surface area contributed by atoms with Crippen LogP contribution in [0.25, 0.3) is 11.6 Å². The predicted molar refractivity (Wildman–Crippen MR) is 98.9 cm³/mol. The summed E-state index contributed by atoms with van der Waals surface area (Å²) in [6, 6.07) is 9.25. The van der Waals surface area contributed by atoms with E-state index in [1.165, 1.54) is 11.8 Å². The normalized spacial score (nSPS) is 15.7. The van der Waals surface area contributed by atoms with Crippen LogP contribution >= 0.6 is 11.8 Å². The van der Waals surface area contributed by atoms with Crippen molar-refractivity contribution >= 4 is 17.7 Å². The highest BCUT2D eigenvalue weighted by Crippen LogP contribution is 2.34. The molecule has 0 radical (unpaired) electrons. The van der Waals surface area contributed by atoms with Gasteiger partial charge in [-0.25, -0.2) is 0 Å². The smallest absolute Gasteiger partial charge is 0.230 e. The van der Waals surface area contributed by atoms with Gasteiger partial charge in [-0.2, -0.15) is 4.98 Å². The van der Waals surface area contributed by atoms with Gasteiger partial charge in [-0.15, -0.1) is 5.10 Å². The molecule has 3 heterocycles. The highest BCUT2D eigenvalue weighted by atomic mass is 32.2. The number of nitrogens with one attached hydrogen (secondary N) is 2. The van der Waals surface area contributed by atoms with Crippen molar-refractivity contribution in [3.63, 3.8) is 0 Å². The number of carbonyl (C=O) groups excluding carboxylic acids is 1. The molecule has 1 amide bonds. The van der Waals surface area contributed by atoms with Crippen LogP contribution in [0.3, 0.4) is 0 Å². The number of aromatic nitrogens is 3. The van der Waals surface area contributed by atoms with Gasteiger partial charge in [0.05, 0.1) is 25.2 Å². The molecule has 1 aromatic carbocycles. The van der Waals surface area contributed by atoms with E-state index in [-0.39, 0.29) is 17.7 Å². The Morgan fingerprint density at radius 1 is 1.41 bits per heavy atom. The van der Waals surface area contributed by atoms with Gasteiger partial charge in [0, 0.05) is 5.56 Å². The SMILES string of the molecule is COc1cccc2c1OCC(NC(=O)CSc1n[nH]c(-c3ccco3)n1)C2. The Bertz CT molecular complexity index is 925. The lowest BCUT2D eigenvalue weighted by Crippen LogP contribution is -2.43. The number of methoxy groups -OCH3 is 1. The average Bonchev–Trinajstić information content (AvgIpc) is 3.37. The standard InChI is InChI=1S/C18H18N4O4S/c1-24-13-5-2-4-11-8-12(9-26-16(11)13)19-15(23)10-27-18-20-17(21-22-18)14-6-3-7-25-14/h2-7,12H,8-10H2,1H3,(H,19,23)(H,20,21,22). The minimum Gasteiger partial charge on any atom is -0.493 e. The molecule has 1 aliphatic heterocycles. The molecule has 0 saturated carbocycles. The first-order valence-electron chi connectivity index (χ1n) is 8.40. The molecule has 1 unspecified atom stereocenters. The number of furan rings is 1. The number of aromatic amines is 1. The van der Waals surface area contributed by atoms with Crippen molar-refractivity contribution in [3.8, 4) is 23.1 Å². The van der Waals surface area contributed by atoms with Crippen LogP contribution in [0.15, 0.2) is 46.2 Å². The third-order valence-corrected chi connectivity index (χ3v) is 4.94. The second kappa shape index (κ2) is 7.75. The van der Waals surface area contributed by atoms with Gasteiger partial charge in [0.2, 0.25) is 11.1 Å². The zero-order chi connectivity index (χ0) is 18.6. The second-order valence-electron chi connectivity index (χ2n) is 5.96. The summed E-state index contributed by atoms with van der Waals surface area (Å²) >= 11 is 1.26. The minimum absolute atomic E-state index is 0.0801. The molecule has 0 spiro atoms. The molecule has 2 N–H and O–H groups in total. The van der Waals surface area contributed by atoms with E-state index in [0.717, 1.165) is 11.3 Å². The highest BCUT2D eigenvalue weighted by molar-refractivity contribution is 7.99. The number of hydrogen-bond acceptors (Lipinski definition) is 7. The molecule has 0 bridgehead atoms. The fourth-order valence-electron chi connectivity index (χ4n) is 2.88. The van der Waals surface area contributed by atoms with Crippen LogP contribution in [-0.2, 0) is 11.2 Å². The number of amides is 1. The van der Waals surface area contributed by atoms with Crippen LogP contribution in [-0.4, -0.2) is 46.6 Å². The van der Waals surface area contributed by atoms with Crippen LogP contribution < -0.4 is 14.8 Å². The van der Waals surface area contributed by atoms with Crippen molar-refractivity contribution in [3.05, 3.63) is 42.2 Å². The molecule has 1 atom stereocenters. The number of hydrogen-bond donors (Lipinski definition) is 2. The molecule has 0 fully saturated rings. The molecule has 0 aliphatic carbocycles. The van der Waals surface area contributed by atoms with Gasteiger partial charge in [0.25, 0.3) is 0 Å². The van der Waals surface area contributed by atoms with E-state index in [0.29, 0.717) is 35.5 Å². The summed E-state index contributed by atoms with van der Waals surface area (Å²) in [6.45, 7) is 0.410. The summed E-state index contributed by atoms with van der Waals surface area (Å²) in [5, 5.41) is 10.4. The number of ether oxygens (including phenoxy) is 2. The van der Waals surface area contributed by atoms with Crippen molar-refractivity contribution in [1.29, 1.82) is 0 Å². The van der Waals surface area contributed by atoms with Gasteiger partial charge in [0.1, 0.15) is 6.61 Å². The summed E-state index contributed by atoms with van der Waals surface area (Å²) in [4.78, 5) is 16.6. The van der Waals surface area contributed by atoms with Crippen molar-refractivity contribution in [2.24, 2.45) is 0 Å². The minimum atomic E-state index is -0.0932. The Balaban J connectivity index is 1.30. The number of nitrogens with zero attached hydrogens (tertiary/aromatic N) is 2. The predicted octanol–water partition coefficient (Wildman–Crippen LogP) is 2.29. The maximum absolute atomic E-state index is 12.3. The topological polar surface area (TPSA) is 102 Å². The first kappa shape index (κ1) is 17.5. The Morgan fingerprint density at radius 2 is 2.33 bits per heavy atom. The Morgan fingerprint density at radius 3 is 3.15 bits per heavy atom. The molecular weight excluding hydrogens is 368 g/mol. The fraction of sp³-hybridized carbons (Fsp3) is 0.278. The summed E-state index contributed by atoms with van der Waals surface area (Å²) < 4.78 is 16.3. The zero-order valence-electron chi connectivity index (χ0n) is 14.6. The van der Waals surface area contributed by atoms with Gasteiger partial charge < -0.3 is 19.2 Å². The Kier molecular flexibility index (Phi) is 5.01. The summed E-state index contributed by atoms with van der Waals surface area (Å²) in [6.07, 6.45) is 2.27. The lowest BCUT2D eigenvalue weighted by molar-refractivity contribution is -0.119. The number of H-pyrrole nitrogens is 1. The molecular formula is C18H18N4O4S. The number of fused-ring (bicyclic) bond motifs is 1. The van der Waals surface area contributed by atoms with Crippen LogP contribution in [0.5, 0.6) is 11.5 Å². The molecule has 8 nitrogen and oxygen atoms in total. The van der Waals surface area contributed by atoms with E-state index >= 15 is 0 Å². The van der Waals surface area contributed by atoms with E-state index in [1.807, 2.05) is 18.2 Å². The van der Waals surface area contributed by atoms with Crippen LogP contribution in [0, 0.1) is 0 Å². The van der Waals surface area contributed by atoms with E-state index in [4.69, 9.17) is 13.9 Å². The molecule has 9 heteroatoms. The largest absolute Gasteiger partial charge is 0.493 e.